The largest absolute Gasteiger partial charge is 0.481 e. The molecule has 1 saturated carbocycles. The molecule has 1 aromatic heterocycles. The summed E-state index contributed by atoms with van der Waals surface area (Å²) in [5.41, 5.74) is 0.131. The lowest BCUT2D eigenvalue weighted by Gasteiger charge is -2.23. The maximum atomic E-state index is 12.4. The van der Waals surface area contributed by atoms with E-state index in [1.165, 1.54) is 0 Å². The highest BCUT2D eigenvalue weighted by Gasteiger charge is 2.55. The summed E-state index contributed by atoms with van der Waals surface area (Å²) in [6.45, 7) is 5.06. The lowest BCUT2D eigenvalue weighted by molar-refractivity contribution is -0.149. The predicted octanol–water partition coefficient (Wildman–Crippen LogP) is 2.27. The van der Waals surface area contributed by atoms with Gasteiger partial charge < -0.3 is 20.1 Å². The molecule has 0 radical (unpaired) electrons. The number of fused-ring (bicyclic) bond motifs is 1. The molecule has 0 bridgehead atoms. The van der Waals surface area contributed by atoms with Crippen LogP contribution in [0.3, 0.4) is 0 Å². The number of carbonyl (C=O) groups is 2. The highest BCUT2D eigenvalue weighted by Crippen LogP contribution is 2.48. The topological polar surface area (TPSA) is 91.8 Å². The van der Waals surface area contributed by atoms with Crippen molar-refractivity contribution in [2.45, 2.75) is 45.8 Å². The van der Waals surface area contributed by atoms with Crippen LogP contribution in [0.4, 0.5) is 4.79 Å². The van der Waals surface area contributed by atoms with E-state index in [4.69, 9.17) is 4.74 Å². The second kappa shape index (κ2) is 6.90. The summed E-state index contributed by atoms with van der Waals surface area (Å²) in [6.07, 6.45) is 4.22. The van der Waals surface area contributed by atoms with Gasteiger partial charge in [-0.2, -0.15) is 0 Å². The zero-order valence-corrected chi connectivity index (χ0v) is 14.7. The van der Waals surface area contributed by atoms with E-state index in [-0.39, 0.29) is 18.1 Å². The first kappa shape index (κ1) is 17.5. The molecule has 3 rings (SSSR count). The van der Waals surface area contributed by atoms with E-state index >= 15 is 0 Å². The standard InChI is InChI=1S/C18H25N3O4/c1-12(2)25-15-6-5-13(8-19-15)9-20-17(24)21-10-14-4-3-7-18(14,11-21)16(22)23/h5-6,8,12,14H,3-4,7,9-11H2,1-2H3,(H,20,24)(H,22,23)/t14-,18+/m0/s1. The third kappa shape index (κ3) is 3.55. The molecule has 1 aromatic rings. The lowest BCUT2D eigenvalue weighted by Crippen LogP contribution is -2.41. The second-order valence-corrected chi connectivity index (χ2v) is 7.26. The van der Waals surface area contributed by atoms with Crippen molar-refractivity contribution in [2.24, 2.45) is 11.3 Å². The Morgan fingerprint density at radius 1 is 1.48 bits per heavy atom. The van der Waals surface area contributed by atoms with Crippen molar-refractivity contribution in [3.63, 3.8) is 0 Å². The smallest absolute Gasteiger partial charge is 0.317 e. The number of aromatic nitrogens is 1. The summed E-state index contributed by atoms with van der Waals surface area (Å²) in [5, 5.41) is 12.5. The van der Waals surface area contributed by atoms with E-state index in [9.17, 15) is 14.7 Å². The average molecular weight is 347 g/mol. The Morgan fingerprint density at radius 2 is 2.28 bits per heavy atom. The van der Waals surface area contributed by atoms with Crippen molar-refractivity contribution in [1.29, 1.82) is 0 Å². The number of urea groups is 1. The van der Waals surface area contributed by atoms with Gasteiger partial charge in [0.2, 0.25) is 5.88 Å². The van der Waals surface area contributed by atoms with Gasteiger partial charge in [-0.1, -0.05) is 12.5 Å². The van der Waals surface area contributed by atoms with Crippen LogP contribution < -0.4 is 10.1 Å². The van der Waals surface area contributed by atoms with Gasteiger partial charge in [0.15, 0.2) is 0 Å². The monoisotopic (exact) mass is 347 g/mol. The number of nitrogens with one attached hydrogen (secondary N) is 1. The Kier molecular flexibility index (Phi) is 4.83. The number of hydrogen-bond acceptors (Lipinski definition) is 4. The van der Waals surface area contributed by atoms with Crippen molar-refractivity contribution in [2.75, 3.05) is 13.1 Å². The van der Waals surface area contributed by atoms with Crippen molar-refractivity contribution in [3.05, 3.63) is 23.9 Å². The van der Waals surface area contributed by atoms with E-state index in [0.717, 1.165) is 18.4 Å². The number of carboxylic acids is 1. The van der Waals surface area contributed by atoms with Gasteiger partial charge in [-0.15, -0.1) is 0 Å². The van der Waals surface area contributed by atoms with E-state index in [2.05, 4.69) is 10.3 Å². The van der Waals surface area contributed by atoms with Gasteiger partial charge in [0.05, 0.1) is 11.5 Å². The maximum Gasteiger partial charge on any atom is 0.317 e. The quantitative estimate of drug-likeness (QED) is 0.852. The Morgan fingerprint density at radius 3 is 2.88 bits per heavy atom. The normalized spacial score (nSPS) is 25.1. The number of nitrogens with zero attached hydrogens (tertiary/aromatic N) is 2. The van der Waals surface area contributed by atoms with Crippen LogP contribution in [0, 0.1) is 11.3 Å². The number of carboxylic acid groups (broad SMARTS) is 1. The van der Waals surface area contributed by atoms with Gasteiger partial charge in [-0.05, 0) is 38.2 Å². The summed E-state index contributed by atoms with van der Waals surface area (Å²) in [6, 6.07) is 3.43. The number of aliphatic carboxylic acids is 1. The van der Waals surface area contributed by atoms with Crippen LogP contribution in [0.1, 0.15) is 38.7 Å². The molecule has 2 N–H and O–H groups in total. The first-order chi connectivity index (χ1) is 11.9. The maximum absolute atomic E-state index is 12.4. The number of ether oxygens (including phenoxy) is 1. The minimum Gasteiger partial charge on any atom is -0.481 e. The Balaban J connectivity index is 1.54. The van der Waals surface area contributed by atoms with Crippen LogP contribution in [-0.4, -0.2) is 46.2 Å². The highest BCUT2D eigenvalue weighted by atomic mass is 16.5. The summed E-state index contributed by atoms with van der Waals surface area (Å²) in [7, 11) is 0. The zero-order valence-electron chi connectivity index (χ0n) is 14.7. The SMILES string of the molecule is CC(C)Oc1ccc(CNC(=O)N2C[C@@H]3CCC[C@@]3(C(=O)O)C2)cn1. The third-order valence-corrected chi connectivity index (χ3v) is 5.18. The minimum absolute atomic E-state index is 0.0641. The Hall–Kier alpha value is -2.31. The van der Waals surface area contributed by atoms with Crippen LogP contribution in [0.25, 0.3) is 0 Å². The van der Waals surface area contributed by atoms with Gasteiger partial charge in [0.1, 0.15) is 0 Å². The van der Waals surface area contributed by atoms with Gasteiger partial charge in [-0.25, -0.2) is 9.78 Å². The molecule has 2 fully saturated rings. The second-order valence-electron chi connectivity index (χ2n) is 7.26. The average Bonchev–Trinajstić information content (AvgIpc) is 3.11. The zero-order chi connectivity index (χ0) is 18.0. The number of pyridine rings is 1. The molecule has 7 heteroatoms. The predicted molar refractivity (Wildman–Crippen MR) is 91.2 cm³/mol. The van der Waals surface area contributed by atoms with Gasteiger partial charge in [-0.3, -0.25) is 4.79 Å². The molecule has 136 valence electrons. The minimum atomic E-state index is -0.768. The van der Waals surface area contributed by atoms with E-state index in [1.54, 1.807) is 17.2 Å². The molecule has 1 saturated heterocycles. The third-order valence-electron chi connectivity index (χ3n) is 5.18. The molecule has 25 heavy (non-hydrogen) atoms. The number of carbonyl (C=O) groups excluding carboxylic acids is 1. The Labute approximate surface area is 147 Å². The molecule has 2 aliphatic rings. The first-order valence-corrected chi connectivity index (χ1v) is 8.78. The number of rotatable bonds is 5. The fraction of sp³-hybridized carbons (Fsp3) is 0.611. The molecule has 0 unspecified atom stereocenters. The van der Waals surface area contributed by atoms with Gasteiger partial charge in [0, 0.05) is 31.9 Å². The fourth-order valence-electron chi connectivity index (χ4n) is 3.91. The lowest BCUT2D eigenvalue weighted by atomic mass is 9.81. The number of amides is 2. The molecule has 7 nitrogen and oxygen atoms in total. The molecule has 2 heterocycles. The van der Waals surface area contributed by atoms with Crippen LogP contribution in [0.5, 0.6) is 5.88 Å². The molecular formula is C18H25N3O4. The molecule has 2 atom stereocenters. The van der Waals surface area contributed by atoms with Crippen LogP contribution in [0.15, 0.2) is 18.3 Å². The number of likely N-dealkylation sites (tertiary alicyclic amines) is 1. The molecule has 0 aromatic carbocycles. The summed E-state index contributed by atoms with van der Waals surface area (Å²) in [4.78, 5) is 29.9. The summed E-state index contributed by atoms with van der Waals surface area (Å²) in [5.74, 6) is -0.138. The van der Waals surface area contributed by atoms with Crippen molar-refractivity contribution >= 4 is 12.0 Å². The number of hydrogen-bond donors (Lipinski definition) is 2. The first-order valence-electron chi connectivity index (χ1n) is 8.78. The molecule has 2 amide bonds. The van der Waals surface area contributed by atoms with Crippen LogP contribution in [-0.2, 0) is 11.3 Å². The van der Waals surface area contributed by atoms with E-state index in [1.807, 2.05) is 19.9 Å². The molecule has 1 aliphatic carbocycles. The van der Waals surface area contributed by atoms with E-state index < -0.39 is 11.4 Å². The summed E-state index contributed by atoms with van der Waals surface area (Å²) >= 11 is 0. The van der Waals surface area contributed by atoms with Crippen molar-refractivity contribution in [3.8, 4) is 5.88 Å². The van der Waals surface area contributed by atoms with Crippen molar-refractivity contribution < 1.29 is 19.4 Å². The summed E-state index contributed by atoms with van der Waals surface area (Å²) < 4.78 is 5.49. The highest BCUT2D eigenvalue weighted by molar-refractivity contribution is 5.80. The Bertz CT molecular complexity index is 646. The van der Waals surface area contributed by atoms with Crippen LogP contribution >= 0.6 is 0 Å². The van der Waals surface area contributed by atoms with Crippen molar-refractivity contribution in [1.82, 2.24) is 15.2 Å². The molecule has 0 spiro atoms. The van der Waals surface area contributed by atoms with Gasteiger partial charge in [0.25, 0.3) is 0 Å². The van der Waals surface area contributed by atoms with Gasteiger partial charge >= 0.3 is 12.0 Å². The molecule has 1 aliphatic heterocycles. The molecular weight excluding hydrogens is 322 g/mol. The fourth-order valence-corrected chi connectivity index (χ4v) is 3.91. The van der Waals surface area contributed by atoms with E-state index in [0.29, 0.717) is 31.9 Å². The van der Waals surface area contributed by atoms with Crippen LogP contribution in [0.2, 0.25) is 0 Å².